The molecular weight excluding hydrogens is 598 g/mol. The predicted octanol–water partition coefficient (Wildman–Crippen LogP) is 5.91. The van der Waals surface area contributed by atoms with E-state index >= 15 is 0 Å². The van der Waals surface area contributed by atoms with Gasteiger partial charge in [-0.05, 0) is 98.7 Å². The van der Waals surface area contributed by atoms with Crippen LogP contribution >= 0.6 is 0 Å². The Labute approximate surface area is 281 Å². The lowest BCUT2D eigenvalue weighted by Crippen LogP contribution is -2.69. The van der Waals surface area contributed by atoms with Crippen molar-refractivity contribution in [1.82, 2.24) is 5.32 Å². The number of fused-ring (bicyclic) bond motifs is 7. The minimum atomic E-state index is -1.06. The maximum absolute atomic E-state index is 14.2. The van der Waals surface area contributed by atoms with Gasteiger partial charge in [0, 0.05) is 32.1 Å². The molecule has 5 aliphatic rings. The predicted molar refractivity (Wildman–Crippen MR) is 177 cm³/mol. The third-order valence-electron chi connectivity index (χ3n) is 14.8. The van der Waals surface area contributed by atoms with Crippen molar-refractivity contribution in [2.45, 2.75) is 132 Å². The second-order valence-electron chi connectivity index (χ2n) is 17.1. The molecule has 5 aliphatic carbocycles. The van der Waals surface area contributed by atoms with Gasteiger partial charge < -0.3 is 24.6 Å². The fraction of sp³-hybridized carbons (Fsp3) is 0.842. The normalized spacial score (nSPS) is 45.5. The van der Waals surface area contributed by atoms with E-state index in [2.05, 4.69) is 46.0 Å². The van der Waals surface area contributed by atoms with Gasteiger partial charge in [0.1, 0.15) is 19.3 Å². The summed E-state index contributed by atoms with van der Waals surface area (Å²) in [4.78, 5) is 49.8. The van der Waals surface area contributed by atoms with Crippen LogP contribution in [0.15, 0.2) is 11.6 Å². The number of hydrogen-bond acceptors (Lipinski definition) is 8. The highest BCUT2D eigenvalue weighted by molar-refractivity contribution is 5.84. The summed E-state index contributed by atoms with van der Waals surface area (Å²) in [6.45, 7) is 18.3. The van der Waals surface area contributed by atoms with E-state index in [0.29, 0.717) is 18.8 Å². The second kappa shape index (κ2) is 12.2. The zero-order valence-corrected chi connectivity index (χ0v) is 30.3. The van der Waals surface area contributed by atoms with E-state index < -0.39 is 16.4 Å². The molecule has 0 heterocycles. The van der Waals surface area contributed by atoms with Crippen LogP contribution in [-0.4, -0.2) is 60.4 Å². The first-order valence-electron chi connectivity index (χ1n) is 17.9. The molecule has 0 aromatic carbocycles. The summed E-state index contributed by atoms with van der Waals surface area (Å²) in [5, 5.41) is 15.5. The minimum absolute atomic E-state index is 0.0371. The van der Waals surface area contributed by atoms with Crippen LogP contribution in [0.4, 0.5) is 0 Å². The van der Waals surface area contributed by atoms with E-state index in [1.165, 1.54) is 26.3 Å². The van der Waals surface area contributed by atoms with Crippen LogP contribution in [-0.2, 0) is 33.4 Å². The number of carbonyl (C=O) groups is 4. The van der Waals surface area contributed by atoms with Crippen LogP contribution in [0.2, 0.25) is 0 Å². The number of ether oxygens (including phenoxy) is 3. The zero-order valence-electron chi connectivity index (χ0n) is 30.3. The molecule has 264 valence electrons. The van der Waals surface area contributed by atoms with Crippen molar-refractivity contribution < 1.29 is 38.5 Å². The summed E-state index contributed by atoms with van der Waals surface area (Å²) in [6, 6.07) is 0. The molecule has 0 radical (unpaired) electrons. The molecule has 47 heavy (non-hydrogen) atoms. The van der Waals surface area contributed by atoms with Crippen molar-refractivity contribution in [3.63, 3.8) is 0 Å². The van der Waals surface area contributed by atoms with Gasteiger partial charge in [0.25, 0.3) is 0 Å². The highest BCUT2D eigenvalue weighted by atomic mass is 16.6. The van der Waals surface area contributed by atoms with Gasteiger partial charge in [-0.1, -0.05) is 46.3 Å². The molecule has 5 rings (SSSR count). The summed E-state index contributed by atoms with van der Waals surface area (Å²) in [6.07, 6.45) is 9.47. The van der Waals surface area contributed by atoms with Crippen LogP contribution in [0.3, 0.4) is 0 Å². The minimum Gasteiger partial charge on any atom is -0.465 e. The van der Waals surface area contributed by atoms with E-state index in [4.69, 9.17) is 14.2 Å². The van der Waals surface area contributed by atoms with Crippen LogP contribution in [0, 0.1) is 50.7 Å². The van der Waals surface area contributed by atoms with Crippen LogP contribution in [0.1, 0.15) is 120 Å². The SMILES string of the molecule is CC(=O)OCCNC(=O)[C@]12CC[C@@H](C)[C@@](C)(O)[C@H]1C1=CC[C@@H]3[C@@]4(C)CC[C@H](OC(C)=O)[C@@](C)(COC(C)=O)[C@@H]4CC[C@@]3(C)[C@]1(C)CC2. The number of carbonyl (C=O) groups excluding carboxylic acids is 4. The Morgan fingerprint density at radius 2 is 1.53 bits per heavy atom. The molecule has 4 fully saturated rings. The number of nitrogens with one attached hydrogen (secondary N) is 1. The van der Waals surface area contributed by atoms with Gasteiger partial charge in [0.2, 0.25) is 5.91 Å². The monoisotopic (exact) mass is 657 g/mol. The first-order chi connectivity index (χ1) is 21.8. The summed E-state index contributed by atoms with van der Waals surface area (Å²) in [7, 11) is 0. The maximum Gasteiger partial charge on any atom is 0.302 e. The van der Waals surface area contributed by atoms with Crippen molar-refractivity contribution in [3.05, 3.63) is 11.6 Å². The van der Waals surface area contributed by atoms with Crippen molar-refractivity contribution in [1.29, 1.82) is 0 Å². The molecule has 0 aliphatic heterocycles. The van der Waals surface area contributed by atoms with E-state index in [-0.39, 0.29) is 83.7 Å². The smallest absolute Gasteiger partial charge is 0.302 e. The average molecular weight is 658 g/mol. The molecular formula is C38H59NO8. The van der Waals surface area contributed by atoms with Crippen molar-refractivity contribution >= 4 is 23.8 Å². The topological polar surface area (TPSA) is 128 Å². The first kappa shape index (κ1) is 35.9. The number of aliphatic hydroxyl groups is 1. The van der Waals surface area contributed by atoms with E-state index in [9.17, 15) is 24.3 Å². The molecule has 9 nitrogen and oxygen atoms in total. The lowest BCUT2D eigenvalue weighted by Gasteiger charge is -2.72. The standard InChI is InChI=1S/C38H59NO8/c1-23-12-17-38(32(43)39-20-21-45-24(2)40)19-18-35(7)27(31(38)37(23,9)44)10-11-29-33(5)15-14-30(47-26(4)42)34(6,22-46-25(3)41)28(33)13-16-36(29,35)8/h10,23,28-31,44H,11-22H2,1-9H3,(H,39,43)/t23-,28-,29-,30+,31-,33+,34+,35-,36-,37-,38+/m1/s1. The number of esters is 3. The summed E-state index contributed by atoms with van der Waals surface area (Å²) in [5.41, 5.74) is -1.46. The Balaban J connectivity index is 1.53. The summed E-state index contributed by atoms with van der Waals surface area (Å²) >= 11 is 0. The molecule has 2 N–H and O–H groups in total. The van der Waals surface area contributed by atoms with E-state index in [1.807, 2.05) is 6.92 Å². The van der Waals surface area contributed by atoms with Gasteiger partial charge in [-0.2, -0.15) is 0 Å². The molecule has 0 bridgehead atoms. The third kappa shape index (κ3) is 5.45. The summed E-state index contributed by atoms with van der Waals surface area (Å²) in [5.74, 6) is -0.810. The van der Waals surface area contributed by atoms with Crippen LogP contribution in [0.5, 0.6) is 0 Å². The Bertz CT molecular complexity index is 1320. The first-order valence-corrected chi connectivity index (χ1v) is 17.9. The van der Waals surface area contributed by atoms with Crippen LogP contribution in [0.25, 0.3) is 0 Å². The molecule has 0 aromatic rings. The van der Waals surface area contributed by atoms with Gasteiger partial charge in [0.15, 0.2) is 0 Å². The highest BCUT2D eigenvalue weighted by Crippen LogP contribution is 2.76. The fourth-order valence-corrected chi connectivity index (χ4v) is 12.0. The molecule has 0 unspecified atom stereocenters. The Kier molecular flexibility index (Phi) is 9.29. The van der Waals surface area contributed by atoms with Crippen molar-refractivity contribution in [3.8, 4) is 0 Å². The van der Waals surface area contributed by atoms with Gasteiger partial charge in [0.05, 0.1) is 17.6 Å². The Morgan fingerprint density at radius 1 is 0.851 bits per heavy atom. The number of allylic oxidation sites excluding steroid dienone is 1. The van der Waals surface area contributed by atoms with E-state index in [0.717, 1.165) is 44.9 Å². The zero-order chi connectivity index (χ0) is 34.8. The molecule has 11 atom stereocenters. The van der Waals surface area contributed by atoms with Gasteiger partial charge in [-0.25, -0.2) is 0 Å². The average Bonchev–Trinajstić information content (AvgIpc) is 2.98. The lowest BCUT2D eigenvalue weighted by molar-refractivity contribution is -0.230. The maximum atomic E-state index is 14.2. The largest absolute Gasteiger partial charge is 0.465 e. The highest BCUT2D eigenvalue weighted by Gasteiger charge is 2.71. The number of hydrogen-bond donors (Lipinski definition) is 2. The van der Waals surface area contributed by atoms with Crippen molar-refractivity contribution in [2.24, 2.45) is 50.7 Å². The van der Waals surface area contributed by atoms with Crippen molar-refractivity contribution in [2.75, 3.05) is 19.8 Å². The number of amides is 1. The molecule has 0 spiro atoms. The molecule has 9 heteroatoms. The van der Waals surface area contributed by atoms with Gasteiger partial charge >= 0.3 is 17.9 Å². The molecule has 0 aromatic heterocycles. The molecule has 4 saturated carbocycles. The Hall–Kier alpha value is -2.42. The van der Waals surface area contributed by atoms with Gasteiger partial charge in [-0.15, -0.1) is 0 Å². The quantitative estimate of drug-likeness (QED) is 0.150. The molecule has 1 amide bonds. The number of rotatable bonds is 7. The van der Waals surface area contributed by atoms with Gasteiger partial charge in [-0.3, -0.25) is 19.2 Å². The summed E-state index contributed by atoms with van der Waals surface area (Å²) < 4.78 is 16.7. The molecule has 0 saturated heterocycles. The fourth-order valence-electron chi connectivity index (χ4n) is 12.0. The third-order valence-corrected chi connectivity index (χ3v) is 14.8. The Morgan fingerprint density at radius 3 is 2.17 bits per heavy atom. The van der Waals surface area contributed by atoms with Crippen LogP contribution < -0.4 is 5.32 Å². The van der Waals surface area contributed by atoms with E-state index in [1.54, 1.807) is 0 Å². The lowest BCUT2D eigenvalue weighted by atomic mass is 9.33. The second-order valence-corrected chi connectivity index (χ2v) is 17.1.